The zero-order chi connectivity index (χ0) is 18.2. The topological polar surface area (TPSA) is 143 Å². The van der Waals surface area contributed by atoms with Gasteiger partial charge in [-0.3, -0.25) is 13.6 Å². The highest BCUT2D eigenvalue weighted by atomic mass is 31.2. The average molecular weight is 356 g/mol. The van der Waals surface area contributed by atoms with E-state index in [1.807, 2.05) is 0 Å². The van der Waals surface area contributed by atoms with E-state index in [1.165, 1.54) is 41.9 Å². The van der Waals surface area contributed by atoms with Crippen molar-refractivity contribution in [2.45, 2.75) is 39.5 Å². The Morgan fingerprint density at radius 2 is 0.913 bits per heavy atom. The molecule has 0 saturated carbocycles. The molecule has 0 aliphatic heterocycles. The Hall–Kier alpha value is -1.69. The van der Waals surface area contributed by atoms with Gasteiger partial charge in [0, 0.05) is 21.1 Å². The normalized spacial score (nSPS) is 17.3. The van der Waals surface area contributed by atoms with Crippen LogP contribution in [0, 0.1) is 14.7 Å². The number of phosphoric acid groups is 1. The second-order valence-electron chi connectivity index (χ2n) is 4.53. The van der Waals surface area contributed by atoms with Crippen LogP contribution in [0.1, 0.15) is 20.8 Å². The quantitative estimate of drug-likeness (QED) is 0.220. The van der Waals surface area contributed by atoms with Gasteiger partial charge < -0.3 is 0 Å². The number of phosphoric ester groups is 1. The standard InChI is InChI=1S/C9H21N6O7P/c1-7(13(4)10-16)20-23(19,21-8(2)14(5)11-17)22-9(3)15(6)12-18/h7-9H,1-6H3. The summed E-state index contributed by atoms with van der Waals surface area (Å²) in [5, 5.41) is 10.3. The minimum Gasteiger partial charge on any atom is -0.261 e. The zero-order valence-electron chi connectivity index (χ0n) is 13.7. The molecule has 0 bridgehead atoms. The first-order valence-corrected chi connectivity index (χ1v) is 7.89. The molecule has 0 aliphatic carbocycles. The second kappa shape index (κ2) is 9.45. The first kappa shape index (κ1) is 21.3. The maximum absolute atomic E-state index is 12.7. The molecule has 0 aromatic carbocycles. The molecule has 0 saturated heterocycles. The SMILES string of the molecule is CC(OP(=O)(OC(C)N(C)N=O)OC(C)N(C)N=O)N(C)N=O. The molecule has 134 valence electrons. The predicted octanol–water partition coefficient (Wildman–Crippen LogP) is 2.02. The second-order valence-corrected chi connectivity index (χ2v) is 6.05. The molecule has 0 aromatic heterocycles. The van der Waals surface area contributed by atoms with E-state index in [0.717, 1.165) is 15.0 Å². The van der Waals surface area contributed by atoms with Crippen LogP contribution in [0.4, 0.5) is 0 Å². The Kier molecular flexibility index (Phi) is 8.75. The molecule has 0 aliphatic rings. The lowest BCUT2D eigenvalue weighted by molar-refractivity contribution is -0.0558. The van der Waals surface area contributed by atoms with Crippen LogP contribution in [0.5, 0.6) is 0 Å². The molecule has 0 rings (SSSR count). The van der Waals surface area contributed by atoms with Crippen molar-refractivity contribution in [3.63, 3.8) is 0 Å². The van der Waals surface area contributed by atoms with Crippen LogP contribution in [0.2, 0.25) is 0 Å². The van der Waals surface area contributed by atoms with Crippen LogP contribution in [0.3, 0.4) is 0 Å². The van der Waals surface area contributed by atoms with Crippen molar-refractivity contribution in [3.05, 3.63) is 14.7 Å². The molecule has 0 amide bonds. The average Bonchev–Trinajstić information content (AvgIpc) is 2.51. The van der Waals surface area contributed by atoms with Gasteiger partial charge in [0.05, 0.1) is 15.9 Å². The molecule has 0 radical (unpaired) electrons. The Morgan fingerprint density at radius 1 is 0.696 bits per heavy atom. The molecule has 13 nitrogen and oxygen atoms in total. The summed E-state index contributed by atoms with van der Waals surface area (Å²) >= 11 is 0. The maximum atomic E-state index is 12.7. The fourth-order valence-corrected chi connectivity index (χ4v) is 2.72. The molecule has 0 heterocycles. The van der Waals surface area contributed by atoms with E-state index in [4.69, 9.17) is 13.6 Å². The third kappa shape index (κ3) is 6.95. The van der Waals surface area contributed by atoms with Crippen molar-refractivity contribution < 1.29 is 18.1 Å². The molecule has 0 fully saturated rings. The highest BCUT2D eigenvalue weighted by Gasteiger charge is 2.37. The van der Waals surface area contributed by atoms with E-state index in [1.54, 1.807) is 0 Å². The number of nitrogens with zero attached hydrogens (tertiary/aromatic N) is 6. The molecular weight excluding hydrogens is 335 g/mol. The monoisotopic (exact) mass is 356 g/mol. The van der Waals surface area contributed by atoms with E-state index in [9.17, 15) is 19.3 Å². The van der Waals surface area contributed by atoms with Crippen LogP contribution in [-0.4, -0.2) is 54.9 Å². The van der Waals surface area contributed by atoms with Crippen LogP contribution < -0.4 is 0 Å². The minimum absolute atomic E-state index is 0.831. The first-order valence-electron chi connectivity index (χ1n) is 6.43. The molecule has 3 atom stereocenters. The molecular formula is C9H21N6O7P. The van der Waals surface area contributed by atoms with E-state index in [-0.39, 0.29) is 0 Å². The summed E-state index contributed by atoms with van der Waals surface area (Å²) in [6, 6.07) is 0. The van der Waals surface area contributed by atoms with Crippen molar-refractivity contribution in [1.82, 2.24) is 15.0 Å². The number of hydrogen-bond donors (Lipinski definition) is 0. The van der Waals surface area contributed by atoms with E-state index >= 15 is 0 Å². The number of rotatable bonds is 12. The van der Waals surface area contributed by atoms with Crippen molar-refractivity contribution in [1.29, 1.82) is 0 Å². The summed E-state index contributed by atoms with van der Waals surface area (Å²) < 4.78 is 28.1. The third-order valence-corrected chi connectivity index (χ3v) is 4.50. The van der Waals surface area contributed by atoms with Crippen molar-refractivity contribution in [3.8, 4) is 0 Å². The van der Waals surface area contributed by atoms with Crippen LogP contribution in [0.25, 0.3) is 0 Å². The Balaban J connectivity index is 5.25. The maximum Gasteiger partial charge on any atom is 0.480 e. The van der Waals surface area contributed by atoms with Crippen LogP contribution in [0.15, 0.2) is 15.9 Å². The van der Waals surface area contributed by atoms with E-state index in [2.05, 4.69) is 15.9 Å². The van der Waals surface area contributed by atoms with Gasteiger partial charge in [0.1, 0.15) is 0 Å². The van der Waals surface area contributed by atoms with Gasteiger partial charge in [-0.15, -0.1) is 14.7 Å². The summed E-state index contributed by atoms with van der Waals surface area (Å²) in [7, 11) is -0.456. The fourth-order valence-electron chi connectivity index (χ4n) is 1.04. The third-order valence-electron chi connectivity index (χ3n) is 2.81. The zero-order valence-corrected chi connectivity index (χ0v) is 14.6. The van der Waals surface area contributed by atoms with Crippen molar-refractivity contribution in [2.75, 3.05) is 21.1 Å². The van der Waals surface area contributed by atoms with Gasteiger partial charge in [-0.25, -0.2) is 19.6 Å². The van der Waals surface area contributed by atoms with Crippen LogP contribution in [-0.2, 0) is 18.1 Å². The molecule has 0 aromatic rings. The molecule has 14 heteroatoms. The van der Waals surface area contributed by atoms with Gasteiger partial charge in [-0.05, 0) is 20.8 Å². The number of nitroso groups, excluding NO2 is 3. The summed E-state index contributed by atoms with van der Waals surface area (Å²) in [4.78, 5) is 31.4. The largest absolute Gasteiger partial charge is 0.480 e. The van der Waals surface area contributed by atoms with Gasteiger partial charge in [-0.2, -0.15) is 0 Å². The Bertz CT molecular complexity index is 392. The fraction of sp³-hybridized carbons (Fsp3) is 1.00. The molecule has 3 unspecified atom stereocenters. The Morgan fingerprint density at radius 3 is 1.09 bits per heavy atom. The summed E-state index contributed by atoms with van der Waals surface area (Å²) in [5.41, 5.74) is 0. The Labute approximate surface area is 133 Å². The van der Waals surface area contributed by atoms with Gasteiger partial charge in [0.15, 0.2) is 18.7 Å². The van der Waals surface area contributed by atoms with Crippen molar-refractivity contribution in [2.24, 2.45) is 15.9 Å². The number of hydrogen-bond acceptors (Lipinski definition) is 10. The van der Waals surface area contributed by atoms with Crippen LogP contribution >= 0.6 is 7.82 Å². The summed E-state index contributed by atoms with van der Waals surface area (Å²) in [6.45, 7) is 4.12. The highest BCUT2D eigenvalue weighted by molar-refractivity contribution is 7.48. The van der Waals surface area contributed by atoms with E-state index < -0.39 is 26.5 Å². The molecule has 0 spiro atoms. The molecule has 23 heavy (non-hydrogen) atoms. The van der Waals surface area contributed by atoms with Crippen molar-refractivity contribution >= 4 is 7.82 Å². The van der Waals surface area contributed by atoms with Gasteiger partial charge in [0.2, 0.25) is 0 Å². The minimum atomic E-state index is -4.31. The summed E-state index contributed by atoms with van der Waals surface area (Å²) in [5.74, 6) is 0. The lowest BCUT2D eigenvalue weighted by Gasteiger charge is -2.30. The van der Waals surface area contributed by atoms with Gasteiger partial charge in [0.25, 0.3) is 0 Å². The highest BCUT2D eigenvalue weighted by Crippen LogP contribution is 2.53. The van der Waals surface area contributed by atoms with E-state index in [0.29, 0.717) is 0 Å². The lowest BCUT2D eigenvalue weighted by Crippen LogP contribution is -2.32. The smallest absolute Gasteiger partial charge is 0.261 e. The van der Waals surface area contributed by atoms with Gasteiger partial charge in [-0.1, -0.05) is 0 Å². The first-order chi connectivity index (χ1) is 10.6. The molecule has 0 N–H and O–H groups in total. The van der Waals surface area contributed by atoms with Gasteiger partial charge >= 0.3 is 7.82 Å². The predicted molar refractivity (Wildman–Crippen MR) is 79.9 cm³/mol. The summed E-state index contributed by atoms with van der Waals surface area (Å²) in [6.07, 6.45) is -3.20. The lowest BCUT2D eigenvalue weighted by atomic mass is 10.7.